The summed E-state index contributed by atoms with van der Waals surface area (Å²) in [5, 5.41) is 3.46. The first-order valence-electron chi connectivity index (χ1n) is 12.0. The summed E-state index contributed by atoms with van der Waals surface area (Å²) in [5.41, 5.74) is 3.93. The van der Waals surface area contributed by atoms with Crippen molar-refractivity contribution in [2.45, 2.75) is 39.3 Å². The van der Waals surface area contributed by atoms with E-state index in [9.17, 15) is 9.18 Å². The highest BCUT2D eigenvalue weighted by molar-refractivity contribution is 6.76. The maximum atomic E-state index is 15.3. The van der Waals surface area contributed by atoms with Gasteiger partial charge in [-0.05, 0) is 48.9 Å². The second-order valence-electron chi connectivity index (χ2n) is 10.1. The smallest absolute Gasteiger partial charge is 0.253 e. The van der Waals surface area contributed by atoms with E-state index >= 15 is 4.39 Å². The molecule has 4 rings (SSSR count). The van der Waals surface area contributed by atoms with Crippen LogP contribution >= 0.6 is 0 Å². The Morgan fingerprint density at radius 2 is 1.97 bits per heavy atom. The zero-order valence-electron chi connectivity index (χ0n) is 21.1. The van der Waals surface area contributed by atoms with Crippen molar-refractivity contribution < 1.29 is 18.3 Å². The number of pyridine rings is 1. The van der Waals surface area contributed by atoms with Gasteiger partial charge in [0.25, 0.3) is 5.91 Å². The fourth-order valence-corrected chi connectivity index (χ4v) is 4.91. The molecular formula is C27H32F2N4O2Si. The monoisotopic (exact) mass is 510 g/mol. The Bertz CT molecular complexity index is 1370. The first kappa shape index (κ1) is 25.8. The lowest BCUT2D eigenvalue weighted by Gasteiger charge is -2.19. The minimum Gasteiger partial charge on any atom is -0.361 e. The molecule has 0 radical (unpaired) electrons. The molecule has 0 saturated heterocycles. The molecule has 0 aliphatic heterocycles. The van der Waals surface area contributed by atoms with Crippen molar-refractivity contribution in [3.63, 3.8) is 0 Å². The van der Waals surface area contributed by atoms with Gasteiger partial charge in [0.05, 0.1) is 17.0 Å². The topological polar surface area (TPSA) is 71.9 Å². The van der Waals surface area contributed by atoms with Gasteiger partial charge < -0.3 is 19.6 Å². The number of alkyl halides is 1. The summed E-state index contributed by atoms with van der Waals surface area (Å²) >= 11 is 0. The van der Waals surface area contributed by atoms with Crippen LogP contribution in [0.4, 0.5) is 8.78 Å². The molecule has 0 saturated carbocycles. The van der Waals surface area contributed by atoms with Gasteiger partial charge in [-0.1, -0.05) is 25.7 Å². The van der Waals surface area contributed by atoms with Gasteiger partial charge in [-0.2, -0.15) is 0 Å². The summed E-state index contributed by atoms with van der Waals surface area (Å²) < 4.78 is 36.1. The number of aryl methyl sites for hydroxylation is 1. The normalized spacial score (nSPS) is 11.8. The van der Waals surface area contributed by atoms with E-state index in [1.54, 1.807) is 24.5 Å². The lowest BCUT2D eigenvalue weighted by atomic mass is 10.0. The Morgan fingerprint density at radius 3 is 2.69 bits per heavy atom. The SMILES string of the molecule is Cc1ccc(-c2c(C(=O)NCCF)cc(-c3ccnc4[nH]ccc34)n2COCC[Si](C)(C)C)c(F)c1. The van der Waals surface area contributed by atoms with Crippen LogP contribution in [0.2, 0.25) is 25.7 Å². The number of benzene rings is 1. The Morgan fingerprint density at radius 1 is 1.17 bits per heavy atom. The van der Waals surface area contributed by atoms with Crippen molar-refractivity contribution in [2.24, 2.45) is 0 Å². The van der Waals surface area contributed by atoms with Gasteiger partial charge in [-0.25, -0.2) is 13.8 Å². The van der Waals surface area contributed by atoms with Crippen LogP contribution < -0.4 is 5.32 Å². The zero-order chi connectivity index (χ0) is 25.9. The third kappa shape index (κ3) is 5.57. The molecule has 1 amide bonds. The highest BCUT2D eigenvalue weighted by atomic mass is 28.3. The summed E-state index contributed by atoms with van der Waals surface area (Å²) in [6, 6.07) is 11.4. The molecule has 0 aliphatic rings. The second-order valence-corrected chi connectivity index (χ2v) is 15.7. The Hall–Kier alpha value is -3.30. The standard InChI is InChI=1S/C27H32F2N4O2Si/c1-18-5-6-21(23(29)15-18)25-22(27(34)32-12-9-28)16-24(33(25)17-35-13-14-36(2,3)4)19-7-10-30-26-20(19)8-11-31-26/h5-8,10-11,15-16H,9,12-14,17H2,1-4H3,(H,30,31)(H,32,34). The minimum absolute atomic E-state index is 0.126. The summed E-state index contributed by atoms with van der Waals surface area (Å²) in [6.07, 6.45) is 3.49. The number of aromatic amines is 1. The number of aromatic nitrogens is 3. The number of carbonyl (C=O) groups is 1. The Kier molecular flexibility index (Phi) is 7.70. The van der Waals surface area contributed by atoms with Crippen molar-refractivity contribution in [2.75, 3.05) is 19.8 Å². The molecule has 1 aromatic carbocycles. The zero-order valence-corrected chi connectivity index (χ0v) is 22.1. The Balaban J connectivity index is 1.91. The number of hydrogen-bond acceptors (Lipinski definition) is 3. The van der Waals surface area contributed by atoms with E-state index in [0.29, 0.717) is 23.6 Å². The van der Waals surface area contributed by atoms with Crippen LogP contribution in [0.5, 0.6) is 0 Å². The second kappa shape index (κ2) is 10.8. The number of ether oxygens (including phenoxy) is 1. The van der Waals surface area contributed by atoms with Gasteiger partial charge >= 0.3 is 0 Å². The van der Waals surface area contributed by atoms with Crippen molar-refractivity contribution in [3.8, 4) is 22.5 Å². The number of rotatable bonds is 10. The van der Waals surface area contributed by atoms with Crippen molar-refractivity contribution in [3.05, 3.63) is 65.7 Å². The maximum absolute atomic E-state index is 15.3. The molecule has 6 nitrogen and oxygen atoms in total. The average molecular weight is 511 g/mol. The molecule has 190 valence electrons. The van der Waals surface area contributed by atoms with Crippen molar-refractivity contribution in [1.82, 2.24) is 19.9 Å². The number of hydrogen-bond donors (Lipinski definition) is 2. The number of halogens is 2. The number of fused-ring (bicyclic) bond motifs is 1. The average Bonchev–Trinajstić information content (AvgIpc) is 3.45. The molecule has 36 heavy (non-hydrogen) atoms. The summed E-state index contributed by atoms with van der Waals surface area (Å²) in [4.78, 5) is 20.7. The van der Waals surface area contributed by atoms with Gasteiger partial charge in [-0.15, -0.1) is 0 Å². The summed E-state index contributed by atoms with van der Waals surface area (Å²) in [6.45, 7) is 8.51. The predicted octanol–water partition coefficient (Wildman–Crippen LogP) is 6.16. The van der Waals surface area contributed by atoms with E-state index in [2.05, 4.69) is 34.9 Å². The number of nitrogens with one attached hydrogen (secondary N) is 2. The van der Waals surface area contributed by atoms with Crippen LogP contribution in [0.25, 0.3) is 33.5 Å². The van der Waals surface area contributed by atoms with Crippen LogP contribution in [-0.4, -0.2) is 48.3 Å². The lowest BCUT2D eigenvalue weighted by Crippen LogP contribution is -2.26. The van der Waals surface area contributed by atoms with Gasteiger partial charge in [0.15, 0.2) is 0 Å². The lowest BCUT2D eigenvalue weighted by molar-refractivity contribution is 0.0891. The molecule has 0 bridgehead atoms. The van der Waals surface area contributed by atoms with Crippen molar-refractivity contribution >= 4 is 25.0 Å². The maximum Gasteiger partial charge on any atom is 0.253 e. The van der Waals surface area contributed by atoms with Crippen LogP contribution in [0.15, 0.2) is 48.8 Å². The molecule has 2 N–H and O–H groups in total. The number of nitrogens with zero attached hydrogens (tertiary/aromatic N) is 2. The van der Waals surface area contributed by atoms with Crippen LogP contribution in [-0.2, 0) is 11.5 Å². The van der Waals surface area contributed by atoms with E-state index in [4.69, 9.17) is 4.74 Å². The number of amides is 1. The van der Waals surface area contributed by atoms with Gasteiger partial charge in [0.1, 0.15) is 24.9 Å². The quantitative estimate of drug-likeness (QED) is 0.198. The largest absolute Gasteiger partial charge is 0.361 e. The van der Waals surface area contributed by atoms with E-state index in [1.165, 1.54) is 6.07 Å². The summed E-state index contributed by atoms with van der Waals surface area (Å²) in [5.74, 6) is -0.909. The Labute approximate surface area is 210 Å². The van der Waals surface area contributed by atoms with E-state index in [-0.39, 0.29) is 24.4 Å². The van der Waals surface area contributed by atoms with Gasteiger partial charge in [-0.3, -0.25) is 4.79 Å². The van der Waals surface area contributed by atoms with Crippen LogP contribution in [0, 0.1) is 12.7 Å². The molecule has 4 aromatic rings. The molecule has 3 aromatic heterocycles. The molecular weight excluding hydrogens is 478 g/mol. The molecule has 0 atom stereocenters. The first-order valence-corrected chi connectivity index (χ1v) is 15.7. The fourth-order valence-electron chi connectivity index (χ4n) is 4.16. The molecule has 0 fully saturated rings. The highest BCUT2D eigenvalue weighted by Crippen LogP contribution is 2.37. The molecule has 9 heteroatoms. The first-order chi connectivity index (χ1) is 17.2. The number of carbonyl (C=O) groups excluding carboxylic acids is 1. The predicted molar refractivity (Wildman–Crippen MR) is 142 cm³/mol. The fraction of sp³-hybridized carbons (Fsp3) is 0.333. The van der Waals surface area contributed by atoms with Gasteiger partial charge in [0.2, 0.25) is 0 Å². The molecule has 0 spiro atoms. The van der Waals surface area contributed by atoms with E-state index in [1.807, 2.05) is 29.7 Å². The van der Waals surface area contributed by atoms with Crippen LogP contribution in [0.3, 0.4) is 0 Å². The van der Waals surface area contributed by atoms with E-state index < -0.39 is 26.5 Å². The van der Waals surface area contributed by atoms with Crippen molar-refractivity contribution in [1.29, 1.82) is 0 Å². The minimum atomic E-state index is -1.33. The number of H-pyrrole nitrogens is 1. The van der Waals surface area contributed by atoms with Crippen LogP contribution in [0.1, 0.15) is 15.9 Å². The highest BCUT2D eigenvalue weighted by Gasteiger charge is 2.26. The van der Waals surface area contributed by atoms with Gasteiger partial charge in [0, 0.05) is 50.1 Å². The molecule has 0 unspecified atom stereocenters. The summed E-state index contributed by atoms with van der Waals surface area (Å²) in [7, 11) is -1.33. The third-order valence-corrected chi connectivity index (χ3v) is 7.76. The van der Waals surface area contributed by atoms with E-state index in [0.717, 1.165) is 22.6 Å². The molecule has 0 aliphatic carbocycles. The molecule has 3 heterocycles. The third-order valence-electron chi connectivity index (χ3n) is 6.05.